The van der Waals surface area contributed by atoms with Gasteiger partial charge in [-0.25, -0.2) is 0 Å². The van der Waals surface area contributed by atoms with Gasteiger partial charge in [0, 0.05) is 12.1 Å². The van der Waals surface area contributed by atoms with Crippen LogP contribution in [0.15, 0.2) is 84.9 Å². The van der Waals surface area contributed by atoms with Crippen LogP contribution < -0.4 is 9.13 Å². The molecule has 0 unspecified atom stereocenters. The van der Waals surface area contributed by atoms with Crippen LogP contribution in [0.5, 0.6) is 0 Å². The number of hydrogen-bond donors (Lipinski definition) is 0. The molecule has 2 aromatic heterocycles. The summed E-state index contributed by atoms with van der Waals surface area (Å²) in [5.41, 5.74) is 6.85. The number of allylic oxidation sites excluding steroid dienone is 2. The van der Waals surface area contributed by atoms with Crippen molar-refractivity contribution >= 4 is 63.3 Å². The molecule has 8 heteroatoms. The van der Waals surface area contributed by atoms with Gasteiger partial charge >= 0.3 is 50.4 Å². The Kier molecular flexibility index (Phi) is 13.8. The number of halogens is 2. The van der Waals surface area contributed by atoms with Gasteiger partial charge in [0.2, 0.25) is 22.1 Å². The van der Waals surface area contributed by atoms with Crippen molar-refractivity contribution in [3.05, 3.63) is 84.9 Å². The monoisotopic (exact) mass is 548 g/mol. The van der Waals surface area contributed by atoms with E-state index < -0.39 is 0 Å². The molecule has 28 heavy (non-hydrogen) atoms. The molecule has 0 spiro atoms. The molecule has 2 aromatic carbocycles. The third-order valence-corrected chi connectivity index (χ3v) is 5.53. The Morgan fingerprint density at radius 3 is 1.43 bits per heavy atom. The Hall–Kier alpha value is -0.681. The summed E-state index contributed by atoms with van der Waals surface area (Å²) in [7, 11) is 8.40. The van der Waals surface area contributed by atoms with Crippen molar-refractivity contribution in [2.45, 2.75) is 13.1 Å². The van der Waals surface area contributed by atoms with E-state index in [-0.39, 0.29) is 0 Å². The van der Waals surface area contributed by atoms with Crippen LogP contribution in [0.25, 0.3) is 20.4 Å². The second-order valence-electron chi connectivity index (χ2n) is 5.26. The van der Waals surface area contributed by atoms with Crippen LogP contribution in [0.3, 0.4) is 0 Å². The Balaban J connectivity index is 0.000000238. The first kappa shape index (κ1) is 25.4. The van der Waals surface area contributed by atoms with Gasteiger partial charge in [0.15, 0.2) is 13.1 Å². The average Bonchev–Trinajstić information content (AvgIpc) is 3.37. The molecule has 0 amide bonds. The third kappa shape index (κ3) is 7.29. The Labute approximate surface area is 199 Å². The zero-order valence-corrected chi connectivity index (χ0v) is 19.9. The maximum atomic E-state index is 4.20. The minimum atomic E-state index is 0.893. The first-order chi connectivity index (χ1) is 13.8. The summed E-state index contributed by atoms with van der Waals surface area (Å²) >= 11 is 10.9. The van der Waals surface area contributed by atoms with E-state index in [9.17, 15) is 0 Å². The molecule has 2 heterocycles. The molecule has 0 N–H and O–H groups in total. The van der Waals surface area contributed by atoms with Crippen molar-refractivity contribution in [2.75, 3.05) is 0 Å². The number of hydrogen-bond acceptors (Lipinski definition) is 2. The zero-order valence-electron chi connectivity index (χ0n) is 14.8. The molecule has 0 saturated carbocycles. The molecule has 0 aliphatic heterocycles. The van der Waals surface area contributed by atoms with Gasteiger partial charge in [-0.05, 0) is 24.3 Å². The molecule has 0 bridgehead atoms. The number of benzene rings is 2. The fourth-order valence-corrected chi connectivity index (χ4v) is 4.31. The van der Waals surface area contributed by atoms with Gasteiger partial charge in [0.1, 0.15) is 9.40 Å². The van der Waals surface area contributed by atoms with E-state index in [1.165, 1.54) is 20.4 Å². The molecule has 0 saturated heterocycles. The van der Waals surface area contributed by atoms with Gasteiger partial charge in [-0.15, -0.1) is 0 Å². The van der Waals surface area contributed by atoms with Gasteiger partial charge in [-0.1, -0.05) is 60.1 Å². The number of para-hydroxylation sites is 2. The molecule has 0 aliphatic carbocycles. The predicted octanol–water partition coefficient (Wildman–Crippen LogP) is 6.12. The second kappa shape index (κ2) is 15.2. The molecule has 0 atom stereocenters. The minimum absolute atomic E-state index is 0.893. The normalized spacial score (nSPS) is 9.36. The van der Waals surface area contributed by atoms with Crippen LogP contribution in [-0.2, 0) is 43.3 Å². The van der Waals surface area contributed by atoms with Crippen molar-refractivity contribution in [1.29, 1.82) is 0 Å². The standard InChI is InChI=1S/2C10H10NS.2ClH.2Cu/c2*1-2-7-11-8-12-10-6-4-3-5-9(10)11;;;;/h2*2-6,8H,1,7H2;2*1H;;/q2*+1;;;2*+1/p-2. The average molecular weight is 551 g/mol. The Morgan fingerprint density at radius 1 is 0.714 bits per heavy atom. The van der Waals surface area contributed by atoms with Crippen LogP contribution in [0, 0.1) is 0 Å². The van der Waals surface area contributed by atoms with Crippen molar-refractivity contribution in [2.24, 2.45) is 0 Å². The number of aromatic nitrogens is 2. The van der Waals surface area contributed by atoms with E-state index in [1.54, 1.807) is 22.7 Å². The van der Waals surface area contributed by atoms with Gasteiger partial charge < -0.3 is 0 Å². The van der Waals surface area contributed by atoms with E-state index in [0.29, 0.717) is 0 Å². The zero-order chi connectivity index (χ0) is 20.8. The molecule has 156 valence electrons. The van der Waals surface area contributed by atoms with E-state index in [4.69, 9.17) is 0 Å². The SMILES string of the molecule is C=CC[n+]1csc2ccccc21.C=CC[n+]1csc2ccccc21.[Cl][Cu].[Cl][Cu]. The van der Waals surface area contributed by atoms with E-state index in [2.05, 4.69) is 132 Å². The quantitative estimate of drug-likeness (QED) is 0.164. The van der Waals surface area contributed by atoms with E-state index in [0.717, 1.165) is 13.1 Å². The molecule has 0 fully saturated rings. The molecule has 0 radical (unpaired) electrons. The summed E-state index contributed by atoms with van der Waals surface area (Å²) in [5, 5.41) is 0. The molecule has 0 aliphatic rings. The maximum absolute atomic E-state index is 4.20. The van der Waals surface area contributed by atoms with Crippen LogP contribution in [0.1, 0.15) is 0 Å². The van der Waals surface area contributed by atoms with Crippen molar-refractivity contribution in [1.82, 2.24) is 0 Å². The van der Waals surface area contributed by atoms with Gasteiger partial charge in [0.25, 0.3) is 0 Å². The fraction of sp³-hybridized carbons (Fsp3) is 0.100. The first-order valence-electron chi connectivity index (χ1n) is 7.99. The van der Waals surface area contributed by atoms with Crippen molar-refractivity contribution in [3.63, 3.8) is 0 Å². The fourth-order valence-electron chi connectivity index (χ4n) is 2.50. The molecular formula is C20H20Cl2Cu2N2S2+2. The van der Waals surface area contributed by atoms with Crippen molar-refractivity contribution in [3.8, 4) is 0 Å². The molecule has 4 aromatic rings. The first-order valence-corrected chi connectivity index (χ1v) is 12.3. The number of nitrogens with zero attached hydrogens (tertiary/aromatic N) is 2. The van der Waals surface area contributed by atoms with Gasteiger partial charge in [-0.3, -0.25) is 0 Å². The Bertz CT molecular complexity index is 906. The number of thiazole rings is 2. The number of fused-ring (bicyclic) bond motifs is 2. The van der Waals surface area contributed by atoms with Crippen LogP contribution in [-0.4, -0.2) is 0 Å². The summed E-state index contributed by atoms with van der Waals surface area (Å²) in [6.07, 6.45) is 3.83. The summed E-state index contributed by atoms with van der Waals surface area (Å²) in [5.74, 6) is 0. The van der Waals surface area contributed by atoms with Crippen LogP contribution >= 0.6 is 42.9 Å². The van der Waals surface area contributed by atoms with Crippen LogP contribution in [0.2, 0.25) is 0 Å². The summed E-state index contributed by atoms with van der Waals surface area (Å²) in [6.45, 7) is 9.24. The number of rotatable bonds is 4. The van der Waals surface area contributed by atoms with Crippen LogP contribution in [0.4, 0.5) is 0 Å². The summed E-state index contributed by atoms with van der Waals surface area (Å²) in [6, 6.07) is 16.8. The van der Waals surface area contributed by atoms with E-state index in [1.807, 2.05) is 12.2 Å². The Morgan fingerprint density at radius 2 is 1.07 bits per heavy atom. The van der Waals surface area contributed by atoms with Gasteiger partial charge in [-0.2, -0.15) is 9.13 Å². The topological polar surface area (TPSA) is 7.76 Å². The van der Waals surface area contributed by atoms with Gasteiger partial charge in [0.05, 0.1) is 0 Å². The third-order valence-electron chi connectivity index (χ3n) is 3.61. The summed E-state index contributed by atoms with van der Waals surface area (Å²) < 4.78 is 7.07. The predicted molar refractivity (Wildman–Crippen MR) is 116 cm³/mol. The summed E-state index contributed by atoms with van der Waals surface area (Å²) in [4.78, 5) is 0. The second-order valence-corrected chi connectivity index (χ2v) is 7.04. The molecular weight excluding hydrogens is 530 g/mol. The van der Waals surface area contributed by atoms with Crippen molar-refractivity contribution < 1.29 is 39.3 Å². The molecule has 4 rings (SSSR count). The van der Waals surface area contributed by atoms with E-state index >= 15 is 0 Å². The molecule has 2 nitrogen and oxygen atoms in total.